The summed E-state index contributed by atoms with van der Waals surface area (Å²) in [5.41, 5.74) is 1.80. The Balaban J connectivity index is 1.67. The van der Waals surface area contributed by atoms with Gasteiger partial charge in [0.2, 0.25) is 23.2 Å². The lowest BCUT2D eigenvalue weighted by atomic mass is 10.1. The fourth-order valence-electron chi connectivity index (χ4n) is 3.80. The average Bonchev–Trinajstić information content (AvgIpc) is 3.28. The number of fused-ring (bicyclic) bond motifs is 3. The van der Waals surface area contributed by atoms with Crippen LogP contribution in [0.15, 0.2) is 70.2 Å². The maximum atomic E-state index is 12.8. The summed E-state index contributed by atoms with van der Waals surface area (Å²) in [4.78, 5) is 29.8. The number of furan rings is 1. The summed E-state index contributed by atoms with van der Waals surface area (Å²) < 4.78 is 12.2. The zero-order chi connectivity index (χ0) is 23.8. The highest BCUT2D eigenvalue weighted by Crippen LogP contribution is 2.44. The van der Waals surface area contributed by atoms with Crippen molar-refractivity contribution in [1.29, 1.82) is 0 Å². The standard InChI is InChI=1S/C23H17N5O5S/c1-13(29)27-16-9-5-4-8-15(16)20-21(24-23(34-2)26-25-20)33-22(27)19-12-11-18(32-19)14-7-3-6-10-17(14)28(30)31/h3-12,22H,1-2H3. The molecule has 0 spiro atoms. The van der Waals surface area contributed by atoms with Crippen molar-refractivity contribution in [2.75, 3.05) is 11.2 Å². The zero-order valence-corrected chi connectivity index (χ0v) is 18.9. The largest absolute Gasteiger partial charge is 0.455 e. The van der Waals surface area contributed by atoms with Gasteiger partial charge in [-0.15, -0.1) is 10.2 Å². The summed E-state index contributed by atoms with van der Waals surface area (Å²) in [5.74, 6) is 0.448. The van der Waals surface area contributed by atoms with Crippen LogP contribution in [0.4, 0.5) is 11.4 Å². The van der Waals surface area contributed by atoms with Crippen molar-refractivity contribution in [3.63, 3.8) is 0 Å². The number of nitro benzene ring substituents is 1. The van der Waals surface area contributed by atoms with Gasteiger partial charge in [-0.1, -0.05) is 42.1 Å². The molecule has 11 heteroatoms. The third-order valence-electron chi connectivity index (χ3n) is 5.27. The van der Waals surface area contributed by atoms with Crippen molar-refractivity contribution < 1.29 is 18.9 Å². The van der Waals surface area contributed by atoms with Crippen molar-refractivity contribution in [1.82, 2.24) is 15.2 Å². The van der Waals surface area contributed by atoms with Crippen LogP contribution in [0.25, 0.3) is 22.6 Å². The topological polar surface area (TPSA) is 124 Å². The van der Waals surface area contributed by atoms with Gasteiger partial charge in [-0.05, 0) is 30.5 Å². The normalized spacial score (nSPS) is 14.5. The molecule has 1 atom stereocenters. The number of carbonyl (C=O) groups excluding carboxylic acids is 1. The summed E-state index contributed by atoms with van der Waals surface area (Å²) in [6, 6.07) is 16.7. The summed E-state index contributed by atoms with van der Waals surface area (Å²) >= 11 is 1.31. The number of hydrogen-bond donors (Lipinski definition) is 0. The molecule has 10 nitrogen and oxygen atoms in total. The van der Waals surface area contributed by atoms with Crippen LogP contribution in [-0.2, 0) is 4.79 Å². The summed E-state index contributed by atoms with van der Waals surface area (Å²) in [6.07, 6.45) is 0.793. The van der Waals surface area contributed by atoms with Gasteiger partial charge in [0.1, 0.15) is 5.76 Å². The van der Waals surface area contributed by atoms with E-state index in [0.717, 1.165) is 0 Å². The van der Waals surface area contributed by atoms with Gasteiger partial charge >= 0.3 is 0 Å². The molecule has 0 radical (unpaired) electrons. The Labute approximate surface area is 197 Å². The van der Waals surface area contributed by atoms with E-state index < -0.39 is 11.2 Å². The molecule has 0 bridgehead atoms. The molecular weight excluding hydrogens is 458 g/mol. The number of anilines is 1. The van der Waals surface area contributed by atoms with Crippen LogP contribution in [0.1, 0.15) is 18.9 Å². The molecule has 4 aromatic rings. The summed E-state index contributed by atoms with van der Waals surface area (Å²) in [5, 5.41) is 20.3. The number of carbonyl (C=O) groups is 1. The fourth-order valence-corrected chi connectivity index (χ4v) is 4.09. The minimum Gasteiger partial charge on any atom is -0.455 e. The van der Waals surface area contributed by atoms with Crippen molar-refractivity contribution in [2.45, 2.75) is 18.3 Å². The highest BCUT2D eigenvalue weighted by Gasteiger charge is 2.36. The number of amides is 1. The van der Waals surface area contributed by atoms with Gasteiger partial charge in [0.25, 0.3) is 5.69 Å². The van der Waals surface area contributed by atoms with Gasteiger partial charge in [-0.3, -0.25) is 19.8 Å². The van der Waals surface area contributed by atoms with Crippen LogP contribution in [0.5, 0.6) is 5.88 Å². The number of rotatable bonds is 4. The van der Waals surface area contributed by atoms with Crippen LogP contribution in [0.3, 0.4) is 0 Å². The van der Waals surface area contributed by atoms with Gasteiger partial charge < -0.3 is 9.15 Å². The number of ether oxygens (including phenoxy) is 1. The first-order chi connectivity index (χ1) is 16.5. The van der Waals surface area contributed by atoms with Crippen LogP contribution < -0.4 is 9.64 Å². The second-order valence-corrected chi connectivity index (χ2v) is 8.08. The van der Waals surface area contributed by atoms with Gasteiger partial charge in [-0.2, -0.15) is 4.98 Å². The molecule has 34 heavy (non-hydrogen) atoms. The van der Waals surface area contributed by atoms with Gasteiger partial charge in [0.15, 0.2) is 11.5 Å². The number of nitro groups is 1. The molecule has 1 aliphatic heterocycles. The van der Waals surface area contributed by atoms with Crippen molar-refractivity contribution in [2.24, 2.45) is 0 Å². The minimum atomic E-state index is -1.03. The number of para-hydroxylation sites is 2. The molecule has 0 fully saturated rings. The lowest BCUT2D eigenvalue weighted by Gasteiger charge is -2.28. The monoisotopic (exact) mass is 475 g/mol. The molecule has 0 saturated heterocycles. The molecule has 0 aliphatic carbocycles. The van der Waals surface area contributed by atoms with E-state index in [9.17, 15) is 14.9 Å². The second kappa shape index (κ2) is 8.60. The highest BCUT2D eigenvalue weighted by atomic mass is 32.2. The number of nitrogens with zero attached hydrogens (tertiary/aromatic N) is 5. The lowest BCUT2D eigenvalue weighted by Crippen LogP contribution is -2.35. The van der Waals surface area contributed by atoms with E-state index in [2.05, 4.69) is 15.2 Å². The van der Waals surface area contributed by atoms with E-state index in [1.54, 1.807) is 42.5 Å². The smallest absolute Gasteiger partial charge is 0.280 e. The lowest BCUT2D eigenvalue weighted by molar-refractivity contribution is -0.384. The first-order valence-corrected chi connectivity index (χ1v) is 11.4. The van der Waals surface area contributed by atoms with Crippen LogP contribution in [-0.4, -0.2) is 32.3 Å². The molecule has 1 unspecified atom stereocenters. The Kier molecular flexibility index (Phi) is 5.46. The number of aromatic nitrogens is 3. The molecule has 1 amide bonds. The first kappa shape index (κ1) is 21.6. The Bertz CT molecular complexity index is 1420. The van der Waals surface area contributed by atoms with Crippen LogP contribution in [0.2, 0.25) is 0 Å². The molecule has 0 saturated carbocycles. The third kappa shape index (κ3) is 3.65. The second-order valence-electron chi connectivity index (χ2n) is 7.30. The Morgan fingerprint density at radius 3 is 2.53 bits per heavy atom. The molecule has 170 valence electrons. The maximum Gasteiger partial charge on any atom is 0.280 e. The average molecular weight is 475 g/mol. The first-order valence-electron chi connectivity index (χ1n) is 10.2. The fraction of sp³-hybridized carbons (Fsp3) is 0.130. The predicted octanol–water partition coefficient (Wildman–Crippen LogP) is 4.87. The number of thioether (sulfide) groups is 1. The summed E-state index contributed by atoms with van der Waals surface area (Å²) in [6.45, 7) is 1.42. The van der Waals surface area contributed by atoms with Crippen molar-refractivity contribution >= 4 is 29.0 Å². The molecule has 0 N–H and O–H groups in total. The predicted molar refractivity (Wildman–Crippen MR) is 124 cm³/mol. The van der Waals surface area contributed by atoms with E-state index in [4.69, 9.17) is 9.15 Å². The van der Waals surface area contributed by atoms with E-state index in [1.165, 1.54) is 29.7 Å². The Morgan fingerprint density at radius 2 is 1.79 bits per heavy atom. The summed E-state index contributed by atoms with van der Waals surface area (Å²) in [7, 11) is 0. The molecule has 2 aromatic carbocycles. The number of hydrogen-bond acceptors (Lipinski definition) is 9. The maximum absolute atomic E-state index is 12.8. The number of benzene rings is 2. The Hall–Kier alpha value is -4.25. The Morgan fingerprint density at radius 1 is 1.06 bits per heavy atom. The molecule has 3 heterocycles. The van der Waals surface area contributed by atoms with Crippen LogP contribution >= 0.6 is 11.8 Å². The van der Waals surface area contributed by atoms with Crippen LogP contribution in [0, 0.1) is 10.1 Å². The van der Waals surface area contributed by atoms with Gasteiger partial charge in [0, 0.05) is 18.6 Å². The van der Waals surface area contributed by atoms with E-state index in [-0.39, 0.29) is 29.0 Å². The van der Waals surface area contributed by atoms with E-state index in [1.807, 2.05) is 18.4 Å². The molecule has 2 aromatic heterocycles. The van der Waals surface area contributed by atoms with Crippen molar-refractivity contribution in [3.8, 4) is 28.5 Å². The van der Waals surface area contributed by atoms with E-state index in [0.29, 0.717) is 27.7 Å². The molecule has 5 rings (SSSR count). The SMILES string of the molecule is CSc1nnc2c(n1)OC(c1ccc(-c3ccccc3[N+](=O)[O-])o1)N(C(C)=O)c1ccccc1-2. The molecular formula is C23H17N5O5S. The van der Waals surface area contributed by atoms with Gasteiger partial charge in [-0.25, -0.2) is 0 Å². The third-order valence-corrected chi connectivity index (χ3v) is 5.81. The molecule has 1 aliphatic rings. The minimum absolute atomic E-state index is 0.0918. The zero-order valence-electron chi connectivity index (χ0n) is 18.0. The van der Waals surface area contributed by atoms with Crippen molar-refractivity contribution in [3.05, 3.63) is 76.5 Å². The highest BCUT2D eigenvalue weighted by molar-refractivity contribution is 7.98. The van der Waals surface area contributed by atoms with E-state index >= 15 is 0 Å². The van der Waals surface area contributed by atoms with Gasteiger partial charge in [0.05, 0.1) is 16.2 Å². The quantitative estimate of drug-likeness (QED) is 0.231.